The van der Waals surface area contributed by atoms with Gasteiger partial charge in [0.2, 0.25) is 5.91 Å². The first-order chi connectivity index (χ1) is 9.62. The summed E-state index contributed by atoms with van der Waals surface area (Å²) < 4.78 is 0. The number of carbonyl (C=O) groups is 1. The number of carbonyl (C=O) groups excluding carboxylic acids is 1. The van der Waals surface area contributed by atoms with E-state index in [2.05, 4.69) is 19.2 Å². The van der Waals surface area contributed by atoms with Crippen molar-refractivity contribution in [3.63, 3.8) is 0 Å². The first kappa shape index (κ1) is 17.4. The summed E-state index contributed by atoms with van der Waals surface area (Å²) in [5, 5.41) is 12.7. The van der Waals surface area contributed by atoms with Gasteiger partial charge in [0.1, 0.15) is 0 Å². The van der Waals surface area contributed by atoms with Gasteiger partial charge in [0.15, 0.2) is 0 Å². The normalized spacial score (nSPS) is 18.2. The minimum absolute atomic E-state index is 0.0188. The van der Waals surface area contributed by atoms with Gasteiger partial charge in [-0.25, -0.2) is 0 Å². The molecule has 0 atom stereocenters. The fraction of sp³-hybridized carbons (Fsp3) is 0.938. The molecule has 1 fully saturated rings. The molecule has 0 heterocycles. The largest absolute Gasteiger partial charge is 0.395 e. The van der Waals surface area contributed by atoms with Crippen molar-refractivity contribution >= 4 is 5.91 Å². The Morgan fingerprint density at radius 2 is 1.85 bits per heavy atom. The number of aliphatic hydroxyl groups is 1. The lowest BCUT2D eigenvalue weighted by molar-refractivity contribution is -0.136. The maximum Gasteiger partial charge on any atom is 0.224 e. The predicted octanol–water partition coefficient (Wildman–Crippen LogP) is 2.31. The van der Waals surface area contributed by atoms with Crippen molar-refractivity contribution in [2.45, 2.75) is 76.8 Å². The molecular weight excluding hydrogens is 252 g/mol. The van der Waals surface area contributed by atoms with Crippen LogP contribution < -0.4 is 5.32 Å². The van der Waals surface area contributed by atoms with Crippen LogP contribution in [0.3, 0.4) is 0 Å². The summed E-state index contributed by atoms with van der Waals surface area (Å²) in [7, 11) is 1.98. The van der Waals surface area contributed by atoms with Crippen LogP contribution in [0.1, 0.15) is 65.2 Å². The van der Waals surface area contributed by atoms with Crippen molar-refractivity contribution in [2.24, 2.45) is 0 Å². The Bertz CT molecular complexity index is 284. The molecule has 1 rings (SSSR count). The highest BCUT2D eigenvalue weighted by Crippen LogP contribution is 2.31. The zero-order valence-electron chi connectivity index (χ0n) is 13.5. The maximum absolute atomic E-state index is 12.7. The molecule has 0 unspecified atom stereocenters. The first-order valence-electron chi connectivity index (χ1n) is 8.21. The molecule has 4 heteroatoms. The summed E-state index contributed by atoms with van der Waals surface area (Å²) in [6.45, 7) is 4.74. The number of hydrogen-bond donors (Lipinski definition) is 2. The topological polar surface area (TPSA) is 52.6 Å². The Morgan fingerprint density at radius 1 is 1.25 bits per heavy atom. The predicted molar refractivity (Wildman–Crippen MR) is 82.7 cm³/mol. The SMILES string of the molecule is CCC(CC)N(CCO)C(=O)CC1(NC)CCCCC1. The molecule has 0 bridgehead atoms. The molecular formula is C16H32N2O2. The molecule has 0 saturated heterocycles. The van der Waals surface area contributed by atoms with Crippen LogP contribution in [0.4, 0.5) is 0 Å². The van der Waals surface area contributed by atoms with E-state index in [1.165, 1.54) is 19.3 Å². The Morgan fingerprint density at radius 3 is 2.30 bits per heavy atom. The minimum Gasteiger partial charge on any atom is -0.395 e. The summed E-state index contributed by atoms with van der Waals surface area (Å²) in [6, 6.07) is 0.257. The molecule has 0 radical (unpaired) electrons. The molecule has 0 aromatic heterocycles. The van der Waals surface area contributed by atoms with Crippen molar-refractivity contribution in [2.75, 3.05) is 20.2 Å². The monoisotopic (exact) mass is 284 g/mol. The molecule has 1 amide bonds. The highest BCUT2D eigenvalue weighted by atomic mass is 16.3. The third-order valence-electron chi connectivity index (χ3n) is 4.88. The van der Waals surface area contributed by atoms with E-state index in [9.17, 15) is 9.90 Å². The van der Waals surface area contributed by atoms with Gasteiger partial charge in [-0.05, 0) is 32.7 Å². The van der Waals surface area contributed by atoms with Crippen molar-refractivity contribution in [3.05, 3.63) is 0 Å². The van der Waals surface area contributed by atoms with Gasteiger partial charge in [-0.2, -0.15) is 0 Å². The molecule has 1 aliphatic carbocycles. The first-order valence-corrected chi connectivity index (χ1v) is 8.21. The van der Waals surface area contributed by atoms with Crippen LogP contribution in [0.25, 0.3) is 0 Å². The second kappa shape index (κ2) is 8.63. The molecule has 4 nitrogen and oxygen atoms in total. The molecule has 0 aromatic carbocycles. The lowest BCUT2D eigenvalue weighted by atomic mass is 9.79. The standard InChI is InChI=1S/C16H32N2O2/c1-4-14(5-2)18(11-12-19)15(20)13-16(17-3)9-7-6-8-10-16/h14,17,19H,4-13H2,1-3H3. The van der Waals surface area contributed by atoms with E-state index in [4.69, 9.17) is 0 Å². The third-order valence-corrected chi connectivity index (χ3v) is 4.88. The average molecular weight is 284 g/mol. The van der Waals surface area contributed by atoms with Crippen LogP contribution in [0.2, 0.25) is 0 Å². The average Bonchev–Trinajstić information content (AvgIpc) is 2.48. The van der Waals surface area contributed by atoms with Crippen LogP contribution in [0.15, 0.2) is 0 Å². The number of nitrogens with one attached hydrogen (secondary N) is 1. The summed E-state index contributed by atoms with van der Waals surface area (Å²) in [4.78, 5) is 14.6. The number of amides is 1. The van der Waals surface area contributed by atoms with E-state index in [1.807, 2.05) is 11.9 Å². The maximum atomic E-state index is 12.7. The van der Waals surface area contributed by atoms with E-state index >= 15 is 0 Å². The van der Waals surface area contributed by atoms with Crippen molar-refractivity contribution < 1.29 is 9.90 Å². The van der Waals surface area contributed by atoms with Gasteiger partial charge in [0.05, 0.1) is 6.61 Å². The van der Waals surface area contributed by atoms with Crippen molar-refractivity contribution in [1.82, 2.24) is 10.2 Å². The zero-order valence-corrected chi connectivity index (χ0v) is 13.5. The summed E-state index contributed by atoms with van der Waals surface area (Å²) in [6.07, 6.45) is 8.35. The Labute approximate surface area is 123 Å². The number of rotatable bonds is 8. The smallest absolute Gasteiger partial charge is 0.224 e. The van der Waals surface area contributed by atoms with E-state index < -0.39 is 0 Å². The lowest BCUT2D eigenvalue weighted by Crippen LogP contribution is -2.51. The number of aliphatic hydroxyl groups excluding tert-OH is 1. The van der Waals surface area contributed by atoms with Crippen LogP contribution in [0.5, 0.6) is 0 Å². The van der Waals surface area contributed by atoms with Gasteiger partial charge in [-0.1, -0.05) is 33.1 Å². The van der Waals surface area contributed by atoms with E-state index in [-0.39, 0.29) is 24.1 Å². The van der Waals surface area contributed by atoms with E-state index in [1.54, 1.807) is 0 Å². The quantitative estimate of drug-likeness (QED) is 0.719. The Balaban J connectivity index is 2.73. The Kier molecular flexibility index (Phi) is 7.52. The second-order valence-corrected chi connectivity index (χ2v) is 6.05. The van der Waals surface area contributed by atoms with E-state index in [0.29, 0.717) is 13.0 Å². The molecule has 1 saturated carbocycles. The van der Waals surface area contributed by atoms with Crippen LogP contribution in [-0.2, 0) is 4.79 Å². The van der Waals surface area contributed by atoms with Crippen LogP contribution in [-0.4, -0.2) is 47.7 Å². The van der Waals surface area contributed by atoms with Gasteiger partial charge in [-0.3, -0.25) is 4.79 Å². The number of hydrogen-bond acceptors (Lipinski definition) is 3. The minimum atomic E-state index is -0.0188. The van der Waals surface area contributed by atoms with Gasteiger partial charge >= 0.3 is 0 Å². The summed E-state index contributed by atoms with van der Waals surface area (Å²) >= 11 is 0. The fourth-order valence-corrected chi connectivity index (χ4v) is 3.48. The molecule has 0 aliphatic heterocycles. The van der Waals surface area contributed by atoms with Gasteiger partial charge in [0.25, 0.3) is 0 Å². The highest BCUT2D eigenvalue weighted by molar-refractivity contribution is 5.78. The molecule has 1 aliphatic rings. The lowest BCUT2D eigenvalue weighted by Gasteiger charge is -2.39. The molecule has 0 spiro atoms. The summed E-state index contributed by atoms with van der Waals surface area (Å²) in [5.74, 6) is 0.198. The van der Waals surface area contributed by atoms with E-state index in [0.717, 1.165) is 25.7 Å². The van der Waals surface area contributed by atoms with Gasteiger partial charge < -0.3 is 15.3 Å². The Hall–Kier alpha value is -0.610. The number of nitrogens with zero attached hydrogens (tertiary/aromatic N) is 1. The van der Waals surface area contributed by atoms with Gasteiger partial charge in [-0.15, -0.1) is 0 Å². The van der Waals surface area contributed by atoms with Gasteiger partial charge in [0, 0.05) is 24.5 Å². The highest BCUT2D eigenvalue weighted by Gasteiger charge is 2.35. The molecule has 0 aromatic rings. The zero-order chi connectivity index (χ0) is 15.0. The fourth-order valence-electron chi connectivity index (χ4n) is 3.48. The van der Waals surface area contributed by atoms with Crippen molar-refractivity contribution in [1.29, 1.82) is 0 Å². The summed E-state index contributed by atoms with van der Waals surface area (Å²) in [5.41, 5.74) is -0.0188. The second-order valence-electron chi connectivity index (χ2n) is 6.05. The molecule has 2 N–H and O–H groups in total. The third kappa shape index (κ3) is 4.45. The molecule has 20 heavy (non-hydrogen) atoms. The van der Waals surface area contributed by atoms with Crippen molar-refractivity contribution in [3.8, 4) is 0 Å². The molecule has 118 valence electrons. The van der Waals surface area contributed by atoms with Crippen LogP contribution >= 0.6 is 0 Å². The van der Waals surface area contributed by atoms with Crippen LogP contribution in [0, 0.1) is 0 Å².